The second-order valence-corrected chi connectivity index (χ2v) is 2.53. The standard InChI is InChI=1S/C7H12O3.C4H6O2/c1-2-7(9)10-6-4-3-5-8;1-3-4(5)6-2/h2,8H,1,3-6H2;3H,1H2,2H3. The predicted octanol–water partition coefficient (Wildman–Crippen LogP) is 0.833. The van der Waals surface area contributed by atoms with Gasteiger partial charge in [0.15, 0.2) is 0 Å². The lowest BCUT2D eigenvalue weighted by molar-refractivity contribution is -0.138. The quantitative estimate of drug-likeness (QED) is 0.415. The van der Waals surface area contributed by atoms with E-state index in [2.05, 4.69) is 22.6 Å². The van der Waals surface area contributed by atoms with Crippen LogP contribution in [0.15, 0.2) is 25.3 Å². The lowest BCUT2D eigenvalue weighted by Crippen LogP contribution is -2.02. The SMILES string of the molecule is C=CC(=O)OC.C=CC(=O)OCCCCO. The van der Waals surface area contributed by atoms with Crippen molar-refractivity contribution >= 4 is 11.9 Å². The first kappa shape index (κ1) is 16.8. The highest BCUT2D eigenvalue weighted by molar-refractivity contribution is 5.81. The molecule has 0 fully saturated rings. The summed E-state index contributed by atoms with van der Waals surface area (Å²) in [4.78, 5) is 20.2. The molecule has 0 aliphatic carbocycles. The van der Waals surface area contributed by atoms with Crippen LogP contribution in [0.5, 0.6) is 0 Å². The van der Waals surface area contributed by atoms with Crippen molar-refractivity contribution in [2.24, 2.45) is 0 Å². The molecular formula is C11H18O5. The molecule has 0 amide bonds. The zero-order chi connectivity index (χ0) is 12.8. The minimum atomic E-state index is -0.405. The van der Waals surface area contributed by atoms with Crippen LogP contribution in [-0.2, 0) is 19.1 Å². The van der Waals surface area contributed by atoms with Crippen molar-refractivity contribution < 1.29 is 24.2 Å². The van der Waals surface area contributed by atoms with E-state index in [1.54, 1.807) is 0 Å². The van der Waals surface area contributed by atoms with Gasteiger partial charge >= 0.3 is 11.9 Å². The van der Waals surface area contributed by atoms with E-state index < -0.39 is 11.9 Å². The summed E-state index contributed by atoms with van der Waals surface area (Å²) in [6, 6.07) is 0. The summed E-state index contributed by atoms with van der Waals surface area (Å²) in [5, 5.41) is 8.33. The van der Waals surface area contributed by atoms with Crippen LogP contribution in [-0.4, -0.2) is 37.4 Å². The molecular weight excluding hydrogens is 212 g/mol. The van der Waals surface area contributed by atoms with Crippen molar-refractivity contribution in [3.8, 4) is 0 Å². The second kappa shape index (κ2) is 13.4. The highest BCUT2D eigenvalue weighted by atomic mass is 16.5. The Bertz CT molecular complexity index is 222. The first-order valence-corrected chi connectivity index (χ1v) is 4.72. The van der Waals surface area contributed by atoms with E-state index in [1.807, 2.05) is 0 Å². The fourth-order valence-electron chi connectivity index (χ4n) is 0.529. The number of ether oxygens (including phenoxy) is 2. The smallest absolute Gasteiger partial charge is 0.330 e. The van der Waals surface area contributed by atoms with Crippen molar-refractivity contribution in [1.29, 1.82) is 0 Å². The molecule has 92 valence electrons. The summed E-state index contributed by atoms with van der Waals surface area (Å²) >= 11 is 0. The normalized spacial score (nSPS) is 8.12. The molecule has 0 unspecified atom stereocenters. The molecule has 0 aromatic rings. The number of esters is 2. The second-order valence-electron chi connectivity index (χ2n) is 2.53. The molecule has 0 saturated heterocycles. The molecule has 0 radical (unpaired) electrons. The van der Waals surface area contributed by atoms with E-state index in [0.29, 0.717) is 19.4 Å². The number of unbranched alkanes of at least 4 members (excludes halogenated alkanes) is 1. The first-order valence-electron chi connectivity index (χ1n) is 4.72. The largest absolute Gasteiger partial charge is 0.466 e. The highest BCUT2D eigenvalue weighted by Crippen LogP contribution is 1.88. The molecule has 16 heavy (non-hydrogen) atoms. The van der Waals surface area contributed by atoms with Gasteiger partial charge in [0.05, 0.1) is 13.7 Å². The van der Waals surface area contributed by atoms with E-state index in [4.69, 9.17) is 5.11 Å². The molecule has 0 spiro atoms. The maximum absolute atomic E-state index is 10.4. The molecule has 1 N–H and O–H groups in total. The van der Waals surface area contributed by atoms with Gasteiger partial charge < -0.3 is 14.6 Å². The van der Waals surface area contributed by atoms with Gasteiger partial charge in [0.2, 0.25) is 0 Å². The van der Waals surface area contributed by atoms with Gasteiger partial charge in [-0.25, -0.2) is 9.59 Å². The molecule has 5 heteroatoms. The third-order valence-corrected chi connectivity index (χ3v) is 1.33. The zero-order valence-electron chi connectivity index (χ0n) is 9.48. The fraction of sp³-hybridized carbons (Fsp3) is 0.455. The van der Waals surface area contributed by atoms with Gasteiger partial charge in [-0.2, -0.15) is 0 Å². The van der Waals surface area contributed by atoms with Gasteiger partial charge in [-0.15, -0.1) is 0 Å². The van der Waals surface area contributed by atoms with Crippen LogP contribution in [0.25, 0.3) is 0 Å². The number of carbonyl (C=O) groups excluding carboxylic acids is 2. The molecule has 0 atom stereocenters. The van der Waals surface area contributed by atoms with Gasteiger partial charge in [0.25, 0.3) is 0 Å². The molecule has 0 aromatic carbocycles. The zero-order valence-corrected chi connectivity index (χ0v) is 9.48. The summed E-state index contributed by atoms with van der Waals surface area (Å²) in [6.07, 6.45) is 3.61. The minimum Gasteiger partial charge on any atom is -0.466 e. The Balaban J connectivity index is 0. The Morgan fingerprint density at radius 3 is 2.06 bits per heavy atom. The molecule has 0 rings (SSSR count). The van der Waals surface area contributed by atoms with E-state index in [1.165, 1.54) is 7.11 Å². The lowest BCUT2D eigenvalue weighted by Gasteiger charge is -1.98. The highest BCUT2D eigenvalue weighted by Gasteiger charge is 1.92. The summed E-state index contributed by atoms with van der Waals surface area (Å²) in [5.74, 6) is -0.798. The predicted molar refractivity (Wildman–Crippen MR) is 59.7 cm³/mol. The average molecular weight is 230 g/mol. The van der Waals surface area contributed by atoms with Crippen LogP contribution in [0.3, 0.4) is 0 Å². The molecule has 0 aliphatic heterocycles. The Kier molecular flexibility index (Phi) is 14.0. The van der Waals surface area contributed by atoms with E-state index >= 15 is 0 Å². The Morgan fingerprint density at radius 2 is 1.75 bits per heavy atom. The van der Waals surface area contributed by atoms with Crippen molar-refractivity contribution in [2.45, 2.75) is 12.8 Å². The number of hydrogen-bond donors (Lipinski definition) is 1. The monoisotopic (exact) mass is 230 g/mol. The lowest BCUT2D eigenvalue weighted by atomic mass is 10.3. The minimum absolute atomic E-state index is 0.144. The maximum Gasteiger partial charge on any atom is 0.330 e. The molecule has 0 aromatic heterocycles. The third kappa shape index (κ3) is 14.9. The van der Waals surface area contributed by atoms with Gasteiger partial charge in [-0.1, -0.05) is 13.2 Å². The number of hydrogen-bond acceptors (Lipinski definition) is 5. The number of aliphatic hydroxyl groups excluding tert-OH is 1. The van der Waals surface area contributed by atoms with Gasteiger partial charge in [-0.05, 0) is 12.8 Å². The molecule has 0 saturated carbocycles. The van der Waals surface area contributed by atoms with Crippen molar-refractivity contribution in [1.82, 2.24) is 0 Å². The van der Waals surface area contributed by atoms with E-state index in [0.717, 1.165) is 12.2 Å². The summed E-state index contributed by atoms with van der Waals surface area (Å²) < 4.78 is 8.77. The molecule has 5 nitrogen and oxygen atoms in total. The number of rotatable bonds is 6. The van der Waals surface area contributed by atoms with Gasteiger partial charge in [0.1, 0.15) is 0 Å². The summed E-state index contributed by atoms with van der Waals surface area (Å²) in [7, 11) is 1.31. The first-order chi connectivity index (χ1) is 7.62. The maximum atomic E-state index is 10.4. The van der Waals surface area contributed by atoms with Crippen molar-refractivity contribution in [3.63, 3.8) is 0 Å². The Morgan fingerprint density at radius 1 is 1.19 bits per heavy atom. The summed E-state index contributed by atoms with van der Waals surface area (Å²) in [5.41, 5.74) is 0. The van der Waals surface area contributed by atoms with Crippen LogP contribution >= 0.6 is 0 Å². The molecule has 0 bridgehead atoms. The van der Waals surface area contributed by atoms with E-state index in [-0.39, 0.29) is 6.61 Å². The van der Waals surface area contributed by atoms with Crippen LogP contribution in [0.2, 0.25) is 0 Å². The van der Waals surface area contributed by atoms with Gasteiger partial charge in [-0.3, -0.25) is 0 Å². The van der Waals surface area contributed by atoms with Gasteiger partial charge in [0, 0.05) is 18.8 Å². The topological polar surface area (TPSA) is 72.8 Å². The van der Waals surface area contributed by atoms with Crippen LogP contribution in [0.1, 0.15) is 12.8 Å². The third-order valence-electron chi connectivity index (χ3n) is 1.33. The summed E-state index contributed by atoms with van der Waals surface area (Å²) in [6.45, 7) is 6.90. The van der Waals surface area contributed by atoms with Crippen molar-refractivity contribution in [3.05, 3.63) is 25.3 Å². The Labute approximate surface area is 95.4 Å². The number of methoxy groups -OCH3 is 1. The molecule has 0 aliphatic rings. The average Bonchev–Trinajstić information content (AvgIpc) is 2.34. The number of carbonyl (C=O) groups is 2. The Hall–Kier alpha value is -1.62. The van der Waals surface area contributed by atoms with Crippen LogP contribution < -0.4 is 0 Å². The number of aliphatic hydroxyl groups is 1. The van der Waals surface area contributed by atoms with Crippen molar-refractivity contribution in [2.75, 3.05) is 20.3 Å². The van der Waals surface area contributed by atoms with E-state index in [9.17, 15) is 9.59 Å². The fourth-order valence-corrected chi connectivity index (χ4v) is 0.529. The van der Waals surface area contributed by atoms with Crippen LogP contribution in [0, 0.1) is 0 Å². The van der Waals surface area contributed by atoms with Crippen LogP contribution in [0.4, 0.5) is 0 Å². The molecule has 0 heterocycles.